The Morgan fingerprint density at radius 1 is 1.43 bits per heavy atom. The summed E-state index contributed by atoms with van der Waals surface area (Å²) in [6.07, 6.45) is 2.91. The molecular weight excluding hydrogens is 396 g/mol. The number of nitrogens with one attached hydrogen (secondary N) is 1. The molecular formula is C20H21ClN4O2S. The van der Waals surface area contributed by atoms with Gasteiger partial charge in [-0.1, -0.05) is 29.8 Å². The smallest absolute Gasteiger partial charge is 0.279 e. The number of hydrogen-bond donors (Lipinski definition) is 1. The maximum absolute atomic E-state index is 13.1. The summed E-state index contributed by atoms with van der Waals surface area (Å²) in [6, 6.07) is 4.51. The zero-order valence-corrected chi connectivity index (χ0v) is 17.5. The van der Waals surface area contributed by atoms with E-state index in [1.54, 1.807) is 30.4 Å². The number of anilines is 1. The van der Waals surface area contributed by atoms with E-state index in [-0.39, 0.29) is 11.5 Å². The lowest BCUT2D eigenvalue weighted by molar-refractivity contribution is -0.119. The van der Waals surface area contributed by atoms with Gasteiger partial charge in [0, 0.05) is 15.6 Å². The van der Waals surface area contributed by atoms with Crippen LogP contribution in [0.15, 0.2) is 23.0 Å². The van der Waals surface area contributed by atoms with Gasteiger partial charge in [0.15, 0.2) is 4.83 Å². The number of aromatic nitrogens is 3. The fourth-order valence-corrected chi connectivity index (χ4v) is 5.05. The lowest BCUT2D eigenvalue weighted by atomic mass is 9.89. The van der Waals surface area contributed by atoms with Crippen LogP contribution in [0.2, 0.25) is 5.02 Å². The maximum Gasteiger partial charge on any atom is 0.279 e. The zero-order chi connectivity index (χ0) is 20.0. The van der Waals surface area contributed by atoms with E-state index in [2.05, 4.69) is 22.6 Å². The molecule has 2 aromatic heterocycles. The van der Waals surface area contributed by atoms with E-state index in [1.165, 1.54) is 9.56 Å². The third kappa shape index (κ3) is 3.33. The van der Waals surface area contributed by atoms with E-state index in [0.717, 1.165) is 30.4 Å². The number of fused-ring (bicyclic) bond motifs is 3. The minimum absolute atomic E-state index is 0.248. The minimum Gasteiger partial charge on any atom is -0.324 e. The molecule has 28 heavy (non-hydrogen) atoms. The summed E-state index contributed by atoms with van der Waals surface area (Å²) in [4.78, 5) is 27.7. The van der Waals surface area contributed by atoms with Gasteiger partial charge in [-0.05, 0) is 62.3 Å². The molecule has 8 heteroatoms. The molecule has 3 aromatic rings. The van der Waals surface area contributed by atoms with Crippen LogP contribution in [0, 0.1) is 12.8 Å². The number of thiophene rings is 1. The Balaban J connectivity index is 1.66. The summed E-state index contributed by atoms with van der Waals surface area (Å²) in [7, 11) is 0. The highest BCUT2D eigenvalue weighted by Crippen LogP contribution is 2.35. The van der Waals surface area contributed by atoms with Crippen molar-refractivity contribution in [1.82, 2.24) is 15.0 Å². The number of hydrogen-bond acceptors (Lipinski definition) is 5. The fourth-order valence-electron chi connectivity index (χ4n) is 3.55. The van der Waals surface area contributed by atoms with E-state index >= 15 is 0 Å². The largest absolute Gasteiger partial charge is 0.324 e. The summed E-state index contributed by atoms with van der Waals surface area (Å²) in [5, 5.41) is 12.3. The maximum atomic E-state index is 13.1. The Hall–Kier alpha value is -2.25. The Morgan fingerprint density at radius 3 is 2.96 bits per heavy atom. The molecule has 0 bridgehead atoms. The molecule has 0 fully saturated rings. The summed E-state index contributed by atoms with van der Waals surface area (Å²) in [6.45, 7) is 5.76. The van der Waals surface area contributed by atoms with E-state index in [1.807, 2.05) is 13.0 Å². The summed E-state index contributed by atoms with van der Waals surface area (Å²) < 4.78 is 1.18. The molecule has 0 saturated heterocycles. The highest BCUT2D eigenvalue weighted by molar-refractivity contribution is 7.18. The first-order valence-electron chi connectivity index (χ1n) is 9.32. The number of nitrogens with zero attached hydrogens (tertiary/aromatic N) is 3. The van der Waals surface area contributed by atoms with Gasteiger partial charge in [-0.2, -0.15) is 4.68 Å². The van der Waals surface area contributed by atoms with Crippen molar-refractivity contribution in [2.45, 2.75) is 46.1 Å². The molecule has 0 aliphatic heterocycles. The van der Waals surface area contributed by atoms with Crippen LogP contribution in [0.4, 0.5) is 5.69 Å². The van der Waals surface area contributed by atoms with Gasteiger partial charge >= 0.3 is 0 Å². The molecule has 1 N–H and O–H groups in total. The van der Waals surface area contributed by atoms with Gasteiger partial charge in [0.05, 0.1) is 5.39 Å². The number of carbonyl (C=O) groups is 1. The van der Waals surface area contributed by atoms with Gasteiger partial charge in [0.2, 0.25) is 5.91 Å². The molecule has 2 heterocycles. The normalized spacial score (nSPS) is 17.4. The van der Waals surface area contributed by atoms with Crippen molar-refractivity contribution >= 4 is 44.7 Å². The predicted molar refractivity (Wildman–Crippen MR) is 112 cm³/mol. The van der Waals surface area contributed by atoms with Crippen LogP contribution >= 0.6 is 22.9 Å². The second-order valence-corrected chi connectivity index (χ2v) is 8.99. The molecule has 146 valence electrons. The Morgan fingerprint density at radius 2 is 2.21 bits per heavy atom. The predicted octanol–water partition coefficient (Wildman–Crippen LogP) is 4.14. The third-order valence-electron chi connectivity index (χ3n) is 5.33. The summed E-state index contributed by atoms with van der Waals surface area (Å²) in [5.74, 6) is 0.273. The standard InChI is InChI=1S/C20H21ClN4O2S/c1-10-4-7-14-16(8-10)28-19-17(14)20(27)25(24-23-19)12(3)18(26)22-13-6-5-11(2)15(21)9-13/h5-6,9-10,12H,4,7-8H2,1-3H3,(H,22,26). The van der Waals surface area contributed by atoms with E-state index < -0.39 is 6.04 Å². The molecule has 0 spiro atoms. The second kappa shape index (κ2) is 7.29. The number of halogens is 1. The number of amides is 1. The zero-order valence-electron chi connectivity index (χ0n) is 16.0. The van der Waals surface area contributed by atoms with E-state index in [4.69, 9.17) is 11.6 Å². The second-order valence-electron chi connectivity index (χ2n) is 7.50. The van der Waals surface area contributed by atoms with Crippen LogP contribution in [-0.4, -0.2) is 20.9 Å². The lowest BCUT2D eigenvalue weighted by Crippen LogP contribution is -2.34. The highest BCUT2D eigenvalue weighted by atomic mass is 35.5. The average Bonchev–Trinajstić information content (AvgIpc) is 3.02. The number of rotatable bonds is 3. The Labute approximate surface area is 171 Å². The van der Waals surface area contributed by atoms with Crippen LogP contribution in [0.1, 0.15) is 42.3 Å². The topological polar surface area (TPSA) is 76.9 Å². The van der Waals surface area contributed by atoms with Crippen molar-refractivity contribution in [3.8, 4) is 0 Å². The number of benzene rings is 1. The molecule has 4 rings (SSSR count). The number of carbonyl (C=O) groups excluding carboxylic acids is 1. The van der Waals surface area contributed by atoms with Gasteiger partial charge in [0.25, 0.3) is 5.56 Å². The van der Waals surface area contributed by atoms with Crippen molar-refractivity contribution in [3.05, 3.63) is 49.6 Å². The molecule has 0 saturated carbocycles. The average molecular weight is 417 g/mol. The van der Waals surface area contributed by atoms with Gasteiger partial charge in [0.1, 0.15) is 6.04 Å². The van der Waals surface area contributed by atoms with Crippen LogP contribution in [0.5, 0.6) is 0 Å². The molecule has 2 unspecified atom stereocenters. The molecule has 0 radical (unpaired) electrons. The van der Waals surface area contributed by atoms with Gasteiger partial charge in [-0.25, -0.2) is 0 Å². The first-order chi connectivity index (χ1) is 13.3. The van der Waals surface area contributed by atoms with Crippen LogP contribution in [0.25, 0.3) is 10.2 Å². The van der Waals surface area contributed by atoms with E-state index in [0.29, 0.717) is 26.8 Å². The number of aryl methyl sites for hydroxylation is 2. The molecule has 2 atom stereocenters. The monoisotopic (exact) mass is 416 g/mol. The van der Waals surface area contributed by atoms with Gasteiger partial charge in [-0.3, -0.25) is 9.59 Å². The van der Waals surface area contributed by atoms with Crippen LogP contribution in [0.3, 0.4) is 0 Å². The van der Waals surface area contributed by atoms with Crippen molar-refractivity contribution in [3.63, 3.8) is 0 Å². The van der Waals surface area contributed by atoms with Crippen molar-refractivity contribution in [2.75, 3.05) is 5.32 Å². The first-order valence-corrected chi connectivity index (χ1v) is 10.5. The molecule has 1 aliphatic rings. The summed E-state index contributed by atoms with van der Waals surface area (Å²) in [5.41, 5.74) is 2.35. The SMILES string of the molecule is Cc1ccc(NC(=O)C(C)n2nnc3sc4c(c3c2=O)CCC(C)C4)cc1Cl. The molecule has 1 aliphatic carbocycles. The summed E-state index contributed by atoms with van der Waals surface area (Å²) >= 11 is 7.67. The molecule has 1 aromatic carbocycles. The van der Waals surface area contributed by atoms with Gasteiger partial charge in [-0.15, -0.1) is 16.4 Å². The van der Waals surface area contributed by atoms with Crippen molar-refractivity contribution < 1.29 is 4.79 Å². The van der Waals surface area contributed by atoms with Crippen molar-refractivity contribution in [2.24, 2.45) is 5.92 Å². The highest BCUT2D eigenvalue weighted by Gasteiger charge is 2.26. The van der Waals surface area contributed by atoms with E-state index in [9.17, 15) is 9.59 Å². The molecule has 1 amide bonds. The first kappa shape index (κ1) is 19.1. The van der Waals surface area contributed by atoms with Gasteiger partial charge < -0.3 is 5.32 Å². The quantitative estimate of drug-likeness (QED) is 0.696. The Kier molecular flexibility index (Phi) is 4.97. The fraction of sp³-hybridized carbons (Fsp3) is 0.400. The lowest BCUT2D eigenvalue weighted by Gasteiger charge is -2.17. The van der Waals surface area contributed by atoms with Crippen LogP contribution in [-0.2, 0) is 17.6 Å². The van der Waals surface area contributed by atoms with Crippen molar-refractivity contribution in [1.29, 1.82) is 0 Å². The van der Waals surface area contributed by atoms with Crippen LogP contribution < -0.4 is 10.9 Å². The third-order valence-corrected chi connectivity index (χ3v) is 6.88. The molecule has 6 nitrogen and oxygen atoms in total. The Bertz CT molecular complexity index is 1140. The minimum atomic E-state index is -0.789.